The lowest BCUT2D eigenvalue weighted by atomic mass is 10.2. The van der Waals surface area contributed by atoms with Gasteiger partial charge in [0, 0.05) is 7.05 Å². The van der Waals surface area contributed by atoms with Gasteiger partial charge in [-0.2, -0.15) is 5.10 Å². The molecule has 2 N–H and O–H groups in total. The van der Waals surface area contributed by atoms with Crippen LogP contribution in [0.25, 0.3) is 17.8 Å². The zero-order valence-electron chi connectivity index (χ0n) is 13.4. The minimum atomic E-state index is -0.321. The number of rotatable bonds is 4. The number of methoxy groups -OCH3 is 1. The van der Waals surface area contributed by atoms with Gasteiger partial charge in [-0.3, -0.25) is 5.32 Å². The van der Waals surface area contributed by atoms with E-state index in [1.165, 1.54) is 0 Å². The summed E-state index contributed by atoms with van der Waals surface area (Å²) >= 11 is 0. The van der Waals surface area contributed by atoms with Crippen molar-refractivity contribution in [3.05, 3.63) is 53.9 Å². The highest BCUT2D eigenvalue weighted by Gasteiger charge is 2.05. The van der Waals surface area contributed by atoms with E-state index in [9.17, 15) is 4.79 Å². The zero-order valence-corrected chi connectivity index (χ0v) is 13.4. The number of anilines is 1. The maximum atomic E-state index is 11.3. The van der Waals surface area contributed by atoms with Crippen molar-refractivity contribution in [2.24, 2.45) is 0 Å². The number of ether oxygens (including phenoxy) is 1. The number of hydrogen-bond donors (Lipinski definition) is 2. The Balaban J connectivity index is 1.79. The van der Waals surface area contributed by atoms with Gasteiger partial charge in [-0.25, -0.2) is 14.3 Å². The minimum absolute atomic E-state index is 0.321. The van der Waals surface area contributed by atoms with Crippen molar-refractivity contribution in [2.45, 2.75) is 0 Å². The zero-order chi connectivity index (χ0) is 16.9. The third-order valence-corrected chi connectivity index (χ3v) is 3.37. The molecule has 0 fully saturated rings. The molecule has 0 radical (unpaired) electrons. The number of nitrogens with zero attached hydrogens (tertiary/aromatic N) is 3. The number of urea groups is 1. The van der Waals surface area contributed by atoms with E-state index in [4.69, 9.17) is 4.74 Å². The van der Waals surface area contributed by atoms with Gasteiger partial charge in [-0.1, -0.05) is 18.2 Å². The molecule has 1 aromatic carbocycles. The number of nitrogens with one attached hydrogen (secondary N) is 2. The summed E-state index contributed by atoms with van der Waals surface area (Å²) in [4.78, 5) is 15.6. The molecule has 0 aliphatic carbocycles. The van der Waals surface area contributed by atoms with Crippen LogP contribution in [0.1, 0.15) is 11.3 Å². The standard InChI is InChI=1S/C17H17N5O2/c1-18-17(23)20-15-11-22-16(19-15)10-7-13(21-22)6-3-12-4-8-14(24-2)9-5-12/h3-11H,1-2H3,(H2,18,20,23)/b6-3+. The number of aromatic nitrogens is 3. The fourth-order valence-electron chi connectivity index (χ4n) is 2.12. The predicted molar refractivity (Wildman–Crippen MR) is 93.0 cm³/mol. The fraction of sp³-hybridized carbons (Fsp3) is 0.118. The van der Waals surface area contributed by atoms with Gasteiger partial charge in [-0.15, -0.1) is 0 Å². The SMILES string of the molecule is CNC(=O)Nc1cn2nc(/C=C/c3ccc(OC)cc3)ccc2n1. The van der Waals surface area contributed by atoms with E-state index in [0.717, 1.165) is 17.0 Å². The van der Waals surface area contributed by atoms with Gasteiger partial charge in [0.1, 0.15) is 5.75 Å². The van der Waals surface area contributed by atoms with Gasteiger partial charge in [0.05, 0.1) is 19.0 Å². The first-order valence-electron chi connectivity index (χ1n) is 7.35. The molecule has 0 spiro atoms. The van der Waals surface area contributed by atoms with Gasteiger partial charge < -0.3 is 10.1 Å². The molecule has 0 aliphatic heterocycles. The smallest absolute Gasteiger partial charge is 0.320 e. The molecule has 7 nitrogen and oxygen atoms in total. The van der Waals surface area contributed by atoms with Crippen molar-refractivity contribution < 1.29 is 9.53 Å². The molecule has 3 aromatic rings. The number of hydrogen-bond acceptors (Lipinski definition) is 4. The largest absolute Gasteiger partial charge is 0.497 e. The van der Waals surface area contributed by atoms with Gasteiger partial charge in [0.2, 0.25) is 0 Å². The van der Waals surface area contributed by atoms with E-state index in [0.29, 0.717) is 11.5 Å². The molecule has 3 rings (SSSR count). The number of amides is 2. The molecule has 7 heteroatoms. The number of benzene rings is 1. The molecule has 0 bridgehead atoms. The van der Waals surface area contributed by atoms with Gasteiger partial charge in [0.15, 0.2) is 11.5 Å². The molecule has 122 valence electrons. The molecule has 2 heterocycles. The van der Waals surface area contributed by atoms with Crippen molar-refractivity contribution in [3.8, 4) is 5.75 Å². The van der Waals surface area contributed by atoms with Gasteiger partial charge >= 0.3 is 6.03 Å². The number of fused-ring (bicyclic) bond motifs is 1. The maximum absolute atomic E-state index is 11.3. The molecule has 0 saturated carbocycles. The highest BCUT2D eigenvalue weighted by atomic mass is 16.5. The summed E-state index contributed by atoms with van der Waals surface area (Å²) in [6.07, 6.45) is 5.54. The second kappa shape index (κ2) is 6.82. The molecule has 2 aromatic heterocycles. The summed E-state index contributed by atoms with van der Waals surface area (Å²) in [6, 6.07) is 11.1. The van der Waals surface area contributed by atoms with Crippen LogP contribution in [0.5, 0.6) is 5.75 Å². The highest BCUT2D eigenvalue weighted by Crippen LogP contribution is 2.14. The van der Waals surface area contributed by atoms with Crippen LogP contribution < -0.4 is 15.4 Å². The summed E-state index contributed by atoms with van der Waals surface area (Å²) in [6.45, 7) is 0. The van der Waals surface area contributed by atoms with Crippen molar-refractivity contribution >= 4 is 29.6 Å². The Labute approximate surface area is 139 Å². The van der Waals surface area contributed by atoms with Crippen LogP contribution >= 0.6 is 0 Å². The Bertz CT molecular complexity index is 884. The second-order valence-corrected chi connectivity index (χ2v) is 5.00. The molecule has 0 aliphatic rings. The minimum Gasteiger partial charge on any atom is -0.497 e. The van der Waals surface area contributed by atoms with Crippen LogP contribution in [0.3, 0.4) is 0 Å². The van der Waals surface area contributed by atoms with E-state index >= 15 is 0 Å². The van der Waals surface area contributed by atoms with E-state index in [2.05, 4.69) is 20.7 Å². The Kier molecular flexibility index (Phi) is 4.42. The summed E-state index contributed by atoms with van der Waals surface area (Å²) in [7, 11) is 3.19. The highest BCUT2D eigenvalue weighted by molar-refractivity contribution is 5.88. The van der Waals surface area contributed by atoms with Crippen molar-refractivity contribution in [3.63, 3.8) is 0 Å². The summed E-state index contributed by atoms with van der Waals surface area (Å²) in [5, 5.41) is 9.54. The van der Waals surface area contributed by atoms with Crippen molar-refractivity contribution in [1.82, 2.24) is 19.9 Å². The van der Waals surface area contributed by atoms with E-state index in [1.54, 1.807) is 24.9 Å². The Morgan fingerprint density at radius 3 is 2.67 bits per heavy atom. The lowest BCUT2D eigenvalue weighted by molar-refractivity contribution is 0.254. The maximum Gasteiger partial charge on any atom is 0.320 e. The molecule has 2 amide bonds. The van der Waals surface area contributed by atoms with Crippen molar-refractivity contribution in [1.29, 1.82) is 0 Å². The Hall–Kier alpha value is -3.35. The van der Waals surface area contributed by atoms with Crippen LogP contribution in [0.4, 0.5) is 10.6 Å². The topological polar surface area (TPSA) is 80.6 Å². The molecule has 0 saturated heterocycles. The normalized spacial score (nSPS) is 10.9. The van der Waals surface area contributed by atoms with E-state index in [-0.39, 0.29) is 6.03 Å². The fourth-order valence-corrected chi connectivity index (χ4v) is 2.12. The third-order valence-electron chi connectivity index (χ3n) is 3.37. The lowest BCUT2D eigenvalue weighted by Crippen LogP contribution is -2.24. The van der Waals surface area contributed by atoms with E-state index < -0.39 is 0 Å². The monoisotopic (exact) mass is 323 g/mol. The van der Waals surface area contributed by atoms with Gasteiger partial charge in [0.25, 0.3) is 0 Å². The molecule has 0 unspecified atom stereocenters. The predicted octanol–water partition coefficient (Wildman–Crippen LogP) is 2.66. The summed E-state index contributed by atoms with van der Waals surface area (Å²) in [5.74, 6) is 1.26. The van der Waals surface area contributed by atoms with Crippen LogP contribution in [0.2, 0.25) is 0 Å². The quantitative estimate of drug-likeness (QED) is 0.773. The first-order valence-corrected chi connectivity index (χ1v) is 7.35. The Morgan fingerprint density at radius 2 is 1.96 bits per heavy atom. The van der Waals surface area contributed by atoms with E-state index in [1.807, 2.05) is 48.6 Å². The summed E-state index contributed by atoms with van der Waals surface area (Å²) in [5.41, 5.74) is 2.48. The van der Waals surface area contributed by atoms with Crippen LogP contribution in [-0.2, 0) is 0 Å². The van der Waals surface area contributed by atoms with Crippen LogP contribution in [0.15, 0.2) is 42.6 Å². The average Bonchev–Trinajstić information content (AvgIpc) is 3.01. The van der Waals surface area contributed by atoms with Crippen LogP contribution in [-0.4, -0.2) is 34.8 Å². The number of imidazole rings is 1. The molecular weight excluding hydrogens is 306 g/mol. The van der Waals surface area contributed by atoms with Crippen molar-refractivity contribution in [2.75, 3.05) is 19.5 Å². The molecular formula is C17H17N5O2. The molecule has 0 atom stereocenters. The van der Waals surface area contributed by atoms with Crippen LogP contribution in [0, 0.1) is 0 Å². The lowest BCUT2D eigenvalue weighted by Gasteiger charge is -1.99. The Morgan fingerprint density at radius 1 is 1.17 bits per heavy atom. The van der Waals surface area contributed by atoms with Gasteiger partial charge in [-0.05, 0) is 35.9 Å². The first-order chi connectivity index (χ1) is 11.7. The second-order valence-electron chi connectivity index (χ2n) is 5.00. The number of carbonyl (C=O) groups is 1. The molecule has 24 heavy (non-hydrogen) atoms. The first kappa shape index (κ1) is 15.5. The third kappa shape index (κ3) is 3.52. The summed E-state index contributed by atoms with van der Waals surface area (Å²) < 4.78 is 6.76. The average molecular weight is 323 g/mol. The number of carbonyl (C=O) groups excluding carboxylic acids is 1.